The molecule has 0 radical (unpaired) electrons. The van der Waals surface area contributed by atoms with Crippen LogP contribution in [0.1, 0.15) is 109 Å². The standard InChI is InChI=1S/C25H44O2/c1-4-5-6-7-8-9-10-11-12-13-14-15-16-17-18-19-23-20-24(26-2)22-25(21-23)27-3/h20-22H,4-19H2,1-3H3. The molecule has 0 aromatic heterocycles. The van der Waals surface area contributed by atoms with Crippen LogP contribution in [0, 0.1) is 0 Å². The van der Waals surface area contributed by atoms with E-state index in [2.05, 4.69) is 19.1 Å². The monoisotopic (exact) mass is 376 g/mol. The van der Waals surface area contributed by atoms with Gasteiger partial charge in [-0.05, 0) is 30.5 Å². The molecule has 0 heterocycles. The zero-order valence-corrected chi connectivity index (χ0v) is 18.4. The van der Waals surface area contributed by atoms with Crippen LogP contribution in [0.25, 0.3) is 0 Å². The summed E-state index contributed by atoms with van der Waals surface area (Å²) in [5.41, 5.74) is 1.32. The van der Waals surface area contributed by atoms with E-state index in [1.165, 1.54) is 102 Å². The van der Waals surface area contributed by atoms with Gasteiger partial charge in [0.25, 0.3) is 0 Å². The van der Waals surface area contributed by atoms with Crippen LogP contribution >= 0.6 is 0 Å². The van der Waals surface area contributed by atoms with Gasteiger partial charge in [-0.25, -0.2) is 0 Å². The number of unbranched alkanes of at least 4 members (excludes halogenated alkanes) is 14. The summed E-state index contributed by atoms with van der Waals surface area (Å²) in [6.07, 6.45) is 22.3. The Labute approximate surface area is 169 Å². The van der Waals surface area contributed by atoms with Gasteiger partial charge in [-0.1, -0.05) is 96.8 Å². The van der Waals surface area contributed by atoms with Gasteiger partial charge < -0.3 is 9.47 Å². The Kier molecular flexibility index (Phi) is 15.0. The predicted molar refractivity (Wildman–Crippen MR) is 118 cm³/mol. The summed E-state index contributed by atoms with van der Waals surface area (Å²) < 4.78 is 10.7. The third-order valence-electron chi connectivity index (χ3n) is 5.48. The third kappa shape index (κ3) is 12.8. The van der Waals surface area contributed by atoms with Crippen LogP contribution in [0.2, 0.25) is 0 Å². The Morgan fingerprint density at radius 1 is 0.519 bits per heavy atom. The van der Waals surface area contributed by atoms with Gasteiger partial charge in [0.15, 0.2) is 0 Å². The summed E-state index contributed by atoms with van der Waals surface area (Å²) >= 11 is 0. The minimum Gasteiger partial charge on any atom is -0.497 e. The van der Waals surface area contributed by atoms with Gasteiger partial charge >= 0.3 is 0 Å². The van der Waals surface area contributed by atoms with Gasteiger partial charge in [0.2, 0.25) is 0 Å². The lowest BCUT2D eigenvalue weighted by Crippen LogP contribution is -1.92. The molecule has 0 aliphatic rings. The molecule has 1 rings (SSSR count). The van der Waals surface area contributed by atoms with Crippen LogP contribution < -0.4 is 9.47 Å². The quantitative estimate of drug-likeness (QED) is 0.241. The first-order valence-electron chi connectivity index (χ1n) is 11.5. The second-order valence-electron chi connectivity index (χ2n) is 7.92. The fourth-order valence-corrected chi connectivity index (χ4v) is 3.71. The van der Waals surface area contributed by atoms with Crippen molar-refractivity contribution in [1.82, 2.24) is 0 Å². The summed E-state index contributed by atoms with van der Waals surface area (Å²) in [5.74, 6) is 1.79. The molecule has 0 bridgehead atoms. The molecule has 0 aliphatic heterocycles. The summed E-state index contributed by atoms with van der Waals surface area (Å²) in [6, 6.07) is 6.20. The maximum atomic E-state index is 5.35. The van der Waals surface area contributed by atoms with E-state index >= 15 is 0 Å². The van der Waals surface area contributed by atoms with Crippen molar-refractivity contribution in [2.24, 2.45) is 0 Å². The first kappa shape index (κ1) is 23.9. The van der Waals surface area contributed by atoms with E-state index < -0.39 is 0 Å². The van der Waals surface area contributed by atoms with Crippen LogP contribution in [0.3, 0.4) is 0 Å². The Hall–Kier alpha value is -1.18. The maximum Gasteiger partial charge on any atom is 0.122 e. The SMILES string of the molecule is CCCCCCCCCCCCCCCCCc1cc(OC)cc(OC)c1. The van der Waals surface area contributed by atoms with E-state index in [0.29, 0.717) is 0 Å². The highest BCUT2D eigenvalue weighted by atomic mass is 16.5. The minimum atomic E-state index is 0.894. The predicted octanol–water partition coefficient (Wildman–Crippen LogP) is 8.12. The molecular weight excluding hydrogens is 332 g/mol. The molecule has 0 fully saturated rings. The lowest BCUT2D eigenvalue weighted by Gasteiger charge is -2.08. The first-order valence-corrected chi connectivity index (χ1v) is 11.5. The zero-order valence-electron chi connectivity index (χ0n) is 18.4. The Balaban J connectivity index is 1.91. The average molecular weight is 377 g/mol. The molecule has 0 aliphatic carbocycles. The molecule has 156 valence electrons. The molecule has 0 atom stereocenters. The van der Waals surface area contributed by atoms with Crippen LogP contribution in [-0.2, 0) is 6.42 Å². The summed E-state index contributed by atoms with van der Waals surface area (Å²) in [5, 5.41) is 0. The van der Waals surface area contributed by atoms with E-state index in [0.717, 1.165) is 17.9 Å². The van der Waals surface area contributed by atoms with Crippen LogP contribution in [0.5, 0.6) is 11.5 Å². The molecule has 0 N–H and O–H groups in total. The Morgan fingerprint density at radius 3 is 1.26 bits per heavy atom. The highest BCUT2D eigenvalue weighted by Crippen LogP contribution is 2.24. The summed E-state index contributed by atoms with van der Waals surface area (Å²) in [7, 11) is 3.43. The molecule has 1 aromatic rings. The van der Waals surface area contributed by atoms with Crippen LogP contribution in [0.15, 0.2) is 18.2 Å². The van der Waals surface area contributed by atoms with Gasteiger partial charge in [0, 0.05) is 6.07 Å². The number of hydrogen-bond acceptors (Lipinski definition) is 2. The van der Waals surface area contributed by atoms with Gasteiger partial charge in [-0.15, -0.1) is 0 Å². The van der Waals surface area contributed by atoms with Gasteiger partial charge in [0.1, 0.15) is 11.5 Å². The second-order valence-corrected chi connectivity index (χ2v) is 7.92. The summed E-state index contributed by atoms with van der Waals surface area (Å²) in [4.78, 5) is 0. The van der Waals surface area contributed by atoms with E-state index in [9.17, 15) is 0 Å². The molecule has 0 saturated heterocycles. The Morgan fingerprint density at radius 2 is 0.889 bits per heavy atom. The highest BCUT2D eigenvalue weighted by molar-refractivity contribution is 5.38. The van der Waals surface area contributed by atoms with E-state index in [1.54, 1.807) is 14.2 Å². The average Bonchev–Trinajstić information content (AvgIpc) is 2.70. The van der Waals surface area contributed by atoms with Crippen molar-refractivity contribution in [3.05, 3.63) is 23.8 Å². The van der Waals surface area contributed by atoms with Crippen molar-refractivity contribution < 1.29 is 9.47 Å². The number of ether oxygens (including phenoxy) is 2. The van der Waals surface area contributed by atoms with Crippen molar-refractivity contribution in [2.45, 2.75) is 110 Å². The second kappa shape index (κ2) is 17.0. The molecule has 1 aromatic carbocycles. The highest BCUT2D eigenvalue weighted by Gasteiger charge is 2.02. The van der Waals surface area contributed by atoms with Crippen molar-refractivity contribution in [2.75, 3.05) is 14.2 Å². The van der Waals surface area contributed by atoms with Crippen molar-refractivity contribution >= 4 is 0 Å². The van der Waals surface area contributed by atoms with Crippen LogP contribution in [0.4, 0.5) is 0 Å². The first-order chi connectivity index (χ1) is 13.3. The lowest BCUT2D eigenvalue weighted by atomic mass is 10.0. The van der Waals surface area contributed by atoms with Gasteiger partial charge in [-0.3, -0.25) is 0 Å². The largest absolute Gasteiger partial charge is 0.497 e. The van der Waals surface area contributed by atoms with Gasteiger partial charge in [-0.2, -0.15) is 0 Å². The number of methoxy groups -OCH3 is 2. The molecule has 0 unspecified atom stereocenters. The number of hydrogen-bond donors (Lipinski definition) is 0. The molecule has 2 heteroatoms. The third-order valence-corrected chi connectivity index (χ3v) is 5.48. The lowest BCUT2D eigenvalue weighted by molar-refractivity contribution is 0.393. The topological polar surface area (TPSA) is 18.5 Å². The molecule has 0 spiro atoms. The fraction of sp³-hybridized carbons (Fsp3) is 0.760. The fourth-order valence-electron chi connectivity index (χ4n) is 3.71. The molecule has 2 nitrogen and oxygen atoms in total. The van der Waals surface area contributed by atoms with Crippen molar-refractivity contribution in [1.29, 1.82) is 0 Å². The summed E-state index contributed by atoms with van der Waals surface area (Å²) in [6.45, 7) is 2.29. The normalized spacial score (nSPS) is 10.9. The zero-order chi connectivity index (χ0) is 19.6. The van der Waals surface area contributed by atoms with E-state index in [4.69, 9.17) is 9.47 Å². The Bertz CT molecular complexity index is 433. The molecular formula is C25H44O2. The van der Waals surface area contributed by atoms with Crippen molar-refractivity contribution in [3.63, 3.8) is 0 Å². The molecule has 0 saturated carbocycles. The molecule has 27 heavy (non-hydrogen) atoms. The maximum absolute atomic E-state index is 5.35. The molecule has 0 amide bonds. The van der Waals surface area contributed by atoms with Crippen LogP contribution in [-0.4, -0.2) is 14.2 Å². The van der Waals surface area contributed by atoms with Gasteiger partial charge in [0.05, 0.1) is 14.2 Å². The number of benzene rings is 1. The smallest absolute Gasteiger partial charge is 0.122 e. The number of rotatable bonds is 18. The van der Waals surface area contributed by atoms with E-state index in [1.807, 2.05) is 6.07 Å². The number of aryl methyl sites for hydroxylation is 1. The minimum absolute atomic E-state index is 0.894. The van der Waals surface area contributed by atoms with Crippen molar-refractivity contribution in [3.8, 4) is 11.5 Å². The van der Waals surface area contributed by atoms with E-state index in [-0.39, 0.29) is 0 Å².